The zero-order valence-corrected chi connectivity index (χ0v) is 10.8. The standard InChI is InChI=1S/C14H21N3O/c1-10(8-13(15)18)17-9-12-5-2-4-11-6-3-7-16-14(11)12/h2,4-5,10,16-17H,3,6-9H2,1H3,(H2,15,18). The van der Waals surface area contributed by atoms with Crippen molar-refractivity contribution in [1.82, 2.24) is 5.32 Å². The molecule has 98 valence electrons. The average molecular weight is 247 g/mol. The van der Waals surface area contributed by atoms with Crippen LogP contribution in [-0.2, 0) is 17.8 Å². The van der Waals surface area contributed by atoms with Crippen LogP contribution in [0, 0.1) is 0 Å². The number of anilines is 1. The molecule has 1 aromatic carbocycles. The van der Waals surface area contributed by atoms with Gasteiger partial charge in [0.25, 0.3) is 0 Å². The van der Waals surface area contributed by atoms with E-state index in [1.54, 1.807) is 0 Å². The van der Waals surface area contributed by atoms with Crippen molar-refractivity contribution >= 4 is 11.6 Å². The fourth-order valence-corrected chi connectivity index (χ4v) is 2.39. The van der Waals surface area contributed by atoms with Gasteiger partial charge in [0.2, 0.25) is 5.91 Å². The largest absolute Gasteiger partial charge is 0.385 e. The van der Waals surface area contributed by atoms with Gasteiger partial charge in [-0.25, -0.2) is 0 Å². The van der Waals surface area contributed by atoms with E-state index in [2.05, 4.69) is 28.8 Å². The Balaban J connectivity index is 1.99. The number of hydrogen-bond acceptors (Lipinski definition) is 3. The van der Waals surface area contributed by atoms with E-state index in [4.69, 9.17) is 5.73 Å². The highest BCUT2D eigenvalue weighted by Crippen LogP contribution is 2.25. The first-order valence-corrected chi connectivity index (χ1v) is 6.53. The highest BCUT2D eigenvalue weighted by atomic mass is 16.1. The van der Waals surface area contributed by atoms with Crippen molar-refractivity contribution < 1.29 is 4.79 Å². The van der Waals surface area contributed by atoms with Gasteiger partial charge in [0.1, 0.15) is 0 Å². The molecule has 4 N–H and O–H groups in total. The van der Waals surface area contributed by atoms with E-state index in [0.717, 1.165) is 19.5 Å². The lowest BCUT2D eigenvalue weighted by molar-refractivity contribution is -0.118. The predicted molar refractivity (Wildman–Crippen MR) is 73.4 cm³/mol. The van der Waals surface area contributed by atoms with Crippen LogP contribution < -0.4 is 16.4 Å². The molecule has 2 rings (SSSR count). The molecule has 0 aliphatic carbocycles. The number of nitrogens with two attached hydrogens (primary N) is 1. The van der Waals surface area contributed by atoms with Crippen LogP contribution in [-0.4, -0.2) is 18.5 Å². The third kappa shape index (κ3) is 3.23. The van der Waals surface area contributed by atoms with Gasteiger partial charge in [-0.05, 0) is 30.9 Å². The SMILES string of the molecule is CC(CC(N)=O)NCc1cccc2c1NCCC2. The summed E-state index contributed by atoms with van der Waals surface area (Å²) in [7, 11) is 0. The molecule has 4 heteroatoms. The van der Waals surface area contributed by atoms with Crippen LogP contribution in [0.1, 0.15) is 30.9 Å². The third-order valence-electron chi connectivity index (χ3n) is 3.31. The quantitative estimate of drug-likeness (QED) is 0.736. The molecule has 0 saturated heterocycles. The van der Waals surface area contributed by atoms with Gasteiger partial charge < -0.3 is 16.4 Å². The number of aryl methyl sites for hydroxylation is 1. The zero-order chi connectivity index (χ0) is 13.0. The minimum Gasteiger partial charge on any atom is -0.385 e. The summed E-state index contributed by atoms with van der Waals surface area (Å²) in [5.74, 6) is -0.261. The molecular formula is C14H21N3O. The third-order valence-corrected chi connectivity index (χ3v) is 3.31. The molecule has 1 aromatic rings. The Kier molecular flexibility index (Phi) is 4.20. The minimum atomic E-state index is -0.261. The van der Waals surface area contributed by atoms with E-state index in [0.29, 0.717) is 6.42 Å². The molecule has 1 unspecified atom stereocenters. The molecule has 1 atom stereocenters. The second-order valence-electron chi connectivity index (χ2n) is 4.93. The number of carbonyl (C=O) groups excluding carboxylic acids is 1. The molecule has 0 radical (unpaired) electrons. The van der Waals surface area contributed by atoms with Crippen LogP contribution in [0.4, 0.5) is 5.69 Å². The molecule has 1 amide bonds. The van der Waals surface area contributed by atoms with Crippen LogP contribution >= 0.6 is 0 Å². The number of fused-ring (bicyclic) bond motifs is 1. The monoisotopic (exact) mass is 247 g/mol. The second-order valence-corrected chi connectivity index (χ2v) is 4.93. The van der Waals surface area contributed by atoms with E-state index < -0.39 is 0 Å². The highest BCUT2D eigenvalue weighted by molar-refractivity contribution is 5.74. The van der Waals surface area contributed by atoms with Gasteiger partial charge in [-0.3, -0.25) is 4.79 Å². The molecule has 0 spiro atoms. The summed E-state index contributed by atoms with van der Waals surface area (Å²) < 4.78 is 0. The molecule has 0 saturated carbocycles. The Bertz CT molecular complexity index is 431. The topological polar surface area (TPSA) is 67.2 Å². The lowest BCUT2D eigenvalue weighted by atomic mass is 9.99. The Morgan fingerprint density at radius 2 is 2.39 bits per heavy atom. The second kappa shape index (κ2) is 5.87. The number of para-hydroxylation sites is 1. The summed E-state index contributed by atoms with van der Waals surface area (Å²) in [4.78, 5) is 10.8. The first-order chi connectivity index (χ1) is 8.66. The Morgan fingerprint density at radius 1 is 1.56 bits per heavy atom. The summed E-state index contributed by atoms with van der Waals surface area (Å²) in [5, 5.41) is 6.80. The fourth-order valence-electron chi connectivity index (χ4n) is 2.39. The molecular weight excluding hydrogens is 226 g/mol. The highest BCUT2D eigenvalue weighted by Gasteiger charge is 2.13. The van der Waals surface area contributed by atoms with E-state index in [1.165, 1.54) is 23.2 Å². The van der Waals surface area contributed by atoms with Crippen molar-refractivity contribution in [3.05, 3.63) is 29.3 Å². The maximum atomic E-state index is 10.8. The van der Waals surface area contributed by atoms with Crippen LogP contribution in [0.2, 0.25) is 0 Å². The van der Waals surface area contributed by atoms with Crippen molar-refractivity contribution in [2.24, 2.45) is 5.73 Å². The maximum Gasteiger partial charge on any atom is 0.218 e. The van der Waals surface area contributed by atoms with E-state index in [9.17, 15) is 4.79 Å². The number of carbonyl (C=O) groups is 1. The van der Waals surface area contributed by atoms with E-state index in [1.807, 2.05) is 6.92 Å². The van der Waals surface area contributed by atoms with Gasteiger partial charge in [-0.2, -0.15) is 0 Å². The fraction of sp³-hybridized carbons (Fsp3) is 0.500. The van der Waals surface area contributed by atoms with Crippen molar-refractivity contribution in [3.63, 3.8) is 0 Å². The average Bonchev–Trinajstić information content (AvgIpc) is 2.35. The van der Waals surface area contributed by atoms with Crippen molar-refractivity contribution in [3.8, 4) is 0 Å². The van der Waals surface area contributed by atoms with Gasteiger partial charge in [-0.1, -0.05) is 18.2 Å². The molecule has 1 aliphatic rings. The number of nitrogens with one attached hydrogen (secondary N) is 2. The Morgan fingerprint density at radius 3 is 3.17 bits per heavy atom. The predicted octanol–water partition coefficient (Wildman–Crippen LogP) is 1.40. The molecule has 0 bridgehead atoms. The maximum absolute atomic E-state index is 10.8. The summed E-state index contributed by atoms with van der Waals surface area (Å²) in [5.41, 5.74) is 9.11. The Labute approximate surface area is 108 Å². The molecule has 0 fully saturated rings. The van der Waals surface area contributed by atoms with Gasteiger partial charge in [-0.15, -0.1) is 0 Å². The van der Waals surface area contributed by atoms with Crippen LogP contribution in [0.3, 0.4) is 0 Å². The van der Waals surface area contributed by atoms with Gasteiger partial charge in [0.15, 0.2) is 0 Å². The first kappa shape index (κ1) is 12.9. The molecule has 1 heterocycles. The Hall–Kier alpha value is -1.55. The number of rotatable bonds is 5. The van der Waals surface area contributed by atoms with Crippen LogP contribution in [0.25, 0.3) is 0 Å². The van der Waals surface area contributed by atoms with Crippen LogP contribution in [0.15, 0.2) is 18.2 Å². The minimum absolute atomic E-state index is 0.113. The van der Waals surface area contributed by atoms with Gasteiger partial charge >= 0.3 is 0 Å². The van der Waals surface area contributed by atoms with Gasteiger partial charge in [0.05, 0.1) is 0 Å². The number of benzene rings is 1. The normalized spacial score (nSPS) is 15.6. The van der Waals surface area contributed by atoms with Crippen molar-refractivity contribution in [2.75, 3.05) is 11.9 Å². The lowest BCUT2D eigenvalue weighted by Gasteiger charge is -2.22. The number of amides is 1. The van der Waals surface area contributed by atoms with E-state index >= 15 is 0 Å². The number of hydrogen-bond donors (Lipinski definition) is 3. The van der Waals surface area contributed by atoms with Crippen molar-refractivity contribution in [2.45, 2.75) is 38.8 Å². The van der Waals surface area contributed by atoms with Gasteiger partial charge in [0, 0.05) is 31.2 Å². The van der Waals surface area contributed by atoms with E-state index in [-0.39, 0.29) is 11.9 Å². The smallest absolute Gasteiger partial charge is 0.218 e. The summed E-state index contributed by atoms with van der Waals surface area (Å²) in [6, 6.07) is 6.52. The summed E-state index contributed by atoms with van der Waals surface area (Å²) >= 11 is 0. The molecule has 18 heavy (non-hydrogen) atoms. The molecule has 1 aliphatic heterocycles. The number of primary amides is 1. The van der Waals surface area contributed by atoms with Crippen LogP contribution in [0.5, 0.6) is 0 Å². The zero-order valence-electron chi connectivity index (χ0n) is 10.8. The van der Waals surface area contributed by atoms with Crippen molar-refractivity contribution in [1.29, 1.82) is 0 Å². The lowest BCUT2D eigenvalue weighted by Crippen LogP contribution is -2.31. The molecule has 4 nitrogen and oxygen atoms in total. The summed E-state index contributed by atoms with van der Waals surface area (Å²) in [6.45, 7) is 3.79. The molecule has 0 aromatic heterocycles. The first-order valence-electron chi connectivity index (χ1n) is 6.53. The summed E-state index contributed by atoms with van der Waals surface area (Å²) in [6.07, 6.45) is 2.72.